The van der Waals surface area contributed by atoms with Crippen LogP contribution >= 0.6 is 0 Å². The fourth-order valence-electron chi connectivity index (χ4n) is 2.83. The van der Waals surface area contributed by atoms with E-state index in [1.807, 2.05) is 0 Å². The predicted molar refractivity (Wildman–Crippen MR) is 66.8 cm³/mol. The highest BCUT2D eigenvalue weighted by molar-refractivity contribution is 5.80. The van der Waals surface area contributed by atoms with Crippen molar-refractivity contribution in [3.8, 4) is 0 Å². The van der Waals surface area contributed by atoms with Crippen LogP contribution in [0.1, 0.15) is 33.1 Å². The van der Waals surface area contributed by atoms with Crippen LogP contribution in [0, 0.1) is 5.92 Å². The third kappa shape index (κ3) is 2.83. The largest absolute Gasteiger partial charge is 0.388 e. The molecule has 5 heteroatoms. The third-order valence-corrected chi connectivity index (χ3v) is 4.05. The van der Waals surface area contributed by atoms with Crippen LogP contribution in [0.15, 0.2) is 0 Å². The van der Waals surface area contributed by atoms with Gasteiger partial charge < -0.3 is 14.9 Å². The number of rotatable bonds is 1. The zero-order chi connectivity index (χ0) is 13.3. The maximum Gasteiger partial charge on any atom is 0.225 e. The zero-order valence-corrected chi connectivity index (χ0v) is 11.2. The molecule has 1 unspecified atom stereocenters. The van der Waals surface area contributed by atoms with E-state index in [0.717, 1.165) is 12.8 Å². The van der Waals surface area contributed by atoms with Crippen molar-refractivity contribution < 1.29 is 14.7 Å². The summed E-state index contributed by atoms with van der Waals surface area (Å²) in [6.07, 6.45) is 2.15. The molecule has 5 nitrogen and oxygen atoms in total. The molecule has 2 heterocycles. The molecule has 102 valence electrons. The van der Waals surface area contributed by atoms with Gasteiger partial charge in [-0.1, -0.05) is 0 Å². The van der Waals surface area contributed by atoms with E-state index in [1.54, 1.807) is 23.6 Å². The fourth-order valence-corrected chi connectivity index (χ4v) is 2.83. The van der Waals surface area contributed by atoms with Crippen LogP contribution in [0.25, 0.3) is 0 Å². The first-order chi connectivity index (χ1) is 8.39. The number of likely N-dealkylation sites (tertiary alicyclic amines) is 2. The molecule has 0 aromatic heterocycles. The first kappa shape index (κ1) is 13.3. The second-order valence-corrected chi connectivity index (χ2v) is 5.79. The molecule has 2 aliphatic heterocycles. The van der Waals surface area contributed by atoms with Crippen LogP contribution in [-0.2, 0) is 9.59 Å². The van der Waals surface area contributed by atoms with Gasteiger partial charge in [0.05, 0.1) is 5.60 Å². The van der Waals surface area contributed by atoms with Gasteiger partial charge >= 0.3 is 0 Å². The number of hydrogen-bond acceptors (Lipinski definition) is 3. The Balaban J connectivity index is 1.87. The highest BCUT2D eigenvalue weighted by Crippen LogP contribution is 2.25. The molecule has 1 atom stereocenters. The van der Waals surface area contributed by atoms with Crippen molar-refractivity contribution in [3.63, 3.8) is 0 Å². The standard InChI is InChI=1S/C13H22N2O3/c1-10(16)14-6-3-11(4-7-14)12(17)15-8-5-13(2,18)9-15/h11,18H,3-9H2,1-2H3. The number of carbonyl (C=O) groups excluding carboxylic acids is 2. The molecule has 0 aromatic carbocycles. The number of carbonyl (C=O) groups is 2. The van der Waals surface area contributed by atoms with Crippen molar-refractivity contribution in [2.45, 2.75) is 38.7 Å². The number of β-amino-alcohol motifs (C(OH)–C–C–N with tert-alkyl or cyclic N) is 1. The van der Waals surface area contributed by atoms with Crippen molar-refractivity contribution >= 4 is 11.8 Å². The number of amides is 2. The monoisotopic (exact) mass is 254 g/mol. The lowest BCUT2D eigenvalue weighted by molar-refractivity contribution is -0.139. The topological polar surface area (TPSA) is 60.9 Å². The summed E-state index contributed by atoms with van der Waals surface area (Å²) in [5, 5.41) is 9.88. The lowest BCUT2D eigenvalue weighted by atomic mass is 9.95. The Hall–Kier alpha value is -1.10. The minimum Gasteiger partial charge on any atom is -0.388 e. The second-order valence-electron chi connectivity index (χ2n) is 5.79. The van der Waals surface area contributed by atoms with Crippen LogP contribution < -0.4 is 0 Å². The molecule has 2 aliphatic rings. The summed E-state index contributed by atoms with van der Waals surface area (Å²) in [5.74, 6) is 0.260. The summed E-state index contributed by atoms with van der Waals surface area (Å²) in [7, 11) is 0. The molecule has 2 fully saturated rings. The van der Waals surface area contributed by atoms with E-state index in [4.69, 9.17) is 0 Å². The maximum absolute atomic E-state index is 12.3. The van der Waals surface area contributed by atoms with Crippen molar-refractivity contribution in [2.75, 3.05) is 26.2 Å². The highest BCUT2D eigenvalue weighted by Gasteiger charge is 2.37. The van der Waals surface area contributed by atoms with Crippen molar-refractivity contribution in [1.82, 2.24) is 9.80 Å². The average Bonchev–Trinajstić information content (AvgIpc) is 2.69. The quantitative estimate of drug-likeness (QED) is 0.728. The molecule has 2 rings (SSSR count). The fraction of sp³-hybridized carbons (Fsp3) is 0.846. The molecule has 0 aromatic rings. The van der Waals surface area contributed by atoms with Gasteiger partial charge in [0.2, 0.25) is 11.8 Å². The van der Waals surface area contributed by atoms with Gasteiger partial charge in [-0.2, -0.15) is 0 Å². The van der Waals surface area contributed by atoms with Gasteiger partial charge in [-0.15, -0.1) is 0 Å². The van der Waals surface area contributed by atoms with E-state index < -0.39 is 5.60 Å². The van der Waals surface area contributed by atoms with Gasteiger partial charge in [-0.3, -0.25) is 9.59 Å². The van der Waals surface area contributed by atoms with Gasteiger partial charge in [-0.25, -0.2) is 0 Å². The summed E-state index contributed by atoms with van der Waals surface area (Å²) in [6.45, 7) is 5.79. The Labute approximate surface area is 108 Å². The summed E-state index contributed by atoms with van der Waals surface area (Å²) in [6, 6.07) is 0. The van der Waals surface area contributed by atoms with Crippen LogP contribution in [0.2, 0.25) is 0 Å². The first-order valence-corrected chi connectivity index (χ1v) is 6.66. The number of piperidine rings is 1. The molecule has 0 bridgehead atoms. The predicted octanol–water partition coefficient (Wildman–Crippen LogP) is 0.228. The van der Waals surface area contributed by atoms with E-state index >= 15 is 0 Å². The minimum atomic E-state index is -0.726. The molecular formula is C13H22N2O3. The molecule has 18 heavy (non-hydrogen) atoms. The van der Waals surface area contributed by atoms with Gasteiger partial charge in [-0.05, 0) is 26.2 Å². The van der Waals surface area contributed by atoms with Crippen LogP contribution in [0.5, 0.6) is 0 Å². The Morgan fingerprint density at radius 3 is 2.22 bits per heavy atom. The van der Waals surface area contributed by atoms with E-state index in [-0.39, 0.29) is 17.7 Å². The Kier molecular flexibility index (Phi) is 3.61. The molecule has 0 saturated carbocycles. The van der Waals surface area contributed by atoms with Crippen molar-refractivity contribution in [2.24, 2.45) is 5.92 Å². The maximum atomic E-state index is 12.3. The zero-order valence-electron chi connectivity index (χ0n) is 11.2. The van der Waals surface area contributed by atoms with Crippen LogP contribution in [0.4, 0.5) is 0 Å². The molecule has 2 amide bonds. The summed E-state index contributed by atoms with van der Waals surface area (Å²) < 4.78 is 0. The smallest absolute Gasteiger partial charge is 0.225 e. The van der Waals surface area contributed by atoms with Gasteiger partial charge in [0.15, 0.2) is 0 Å². The SMILES string of the molecule is CC(=O)N1CCC(C(=O)N2CCC(C)(O)C2)CC1. The van der Waals surface area contributed by atoms with E-state index in [1.165, 1.54) is 0 Å². The van der Waals surface area contributed by atoms with Gasteiger partial charge in [0.1, 0.15) is 0 Å². The number of nitrogens with zero attached hydrogens (tertiary/aromatic N) is 2. The van der Waals surface area contributed by atoms with Gasteiger partial charge in [0, 0.05) is 39.0 Å². The minimum absolute atomic E-state index is 0.0227. The Bertz CT molecular complexity index is 346. The molecule has 2 saturated heterocycles. The van der Waals surface area contributed by atoms with Gasteiger partial charge in [0.25, 0.3) is 0 Å². The number of aliphatic hydroxyl groups is 1. The summed E-state index contributed by atoms with van der Waals surface area (Å²) in [5.41, 5.74) is -0.726. The van der Waals surface area contributed by atoms with Crippen molar-refractivity contribution in [3.05, 3.63) is 0 Å². The first-order valence-electron chi connectivity index (χ1n) is 6.66. The number of hydrogen-bond donors (Lipinski definition) is 1. The summed E-state index contributed by atoms with van der Waals surface area (Å²) in [4.78, 5) is 27.1. The molecule has 0 aliphatic carbocycles. The van der Waals surface area contributed by atoms with Crippen LogP contribution in [0.3, 0.4) is 0 Å². The summed E-state index contributed by atoms with van der Waals surface area (Å²) >= 11 is 0. The van der Waals surface area contributed by atoms with Crippen molar-refractivity contribution in [1.29, 1.82) is 0 Å². The molecule has 0 spiro atoms. The van der Waals surface area contributed by atoms with E-state index in [9.17, 15) is 14.7 Å². The normalized spacial score (nSPS) is 29.7. The molecular weight excluding hydrogens is 232 g/mol. The lowest BCUT2D eigenvalue weighted by Crippen LogP contribution is -2.44. The molecule has 1 N–H and O–H groups in total. The second kappa shape index (κ2) is 4.88. The van der Waals surface area contributed by atoms with E-state index in [2.05, 4.69) is 0 Å². The molecule has 0 radical (unpaired) electrons. The highest BCUT2D eigenvalue weighted by atomic mass is 16.3. The average molecular weight is 254 g/mol. The Morgan fingerprint density at radius 1 is 1.17 bits per heavy atom. The van der Waals surface area contributed by atoms with Crippen LogP contribution in [-0.4, -0.2) is 58.5 Å². The lowest BCUT2D eigenvalue weighted by Gasteiger charge is -2.32. The Morgan fingerprint density at radius 2 is 1.78 bits per heavy atom. The third-order valence-electron chi connectivity index (χ3n) is 4.05. The van der Waals surface area contributed by atoms with E-state index in [0.29, 0.717) is 32.6 Å².